The van der Waals surface area contributed by atoms with Gasteiger partial charge in [-0.15, -0.1) is 0 Å². The molecule has 0 bridgehead atoms. The minimum atomic E-state index is -3.51. The maximum absolute atomic E-state index is 12.5. The van der Waals surface area contributed by atoms with E-state index in [4.69, 9.17) is 0 Å². The number of nitrogens with zero attached hydrogens (tertiary/aromatic N) is 2. The average molecular weight is 409 g/mol. The summed E-state index contributed by atoms with van der Waals surface area (Å²) in [5, 5.41) is 6.16. The number of hydrogen-bond acceptors (Lipinski definition) is 5. The first-order chi connectivity index (χ1) is 13.0. The van der Waals surface area contributed by atoms with Gasteiger partial charge in [0.2, 0.25) is 15.9 Å². The maximum Gasteiger partial charge on any atom is 0.321 e. The van der Waals surface area contributed by atoms with Gasteiger partial charge < -0.3 is 5.32 Å². The van der Waals surface area contributed by atoms with E-state index in [9.17, 15) is 18.0 Å². The summed E-state index contributed by atoms with van der Waals surface area (Å²) < 4.78 is 26.3. The number of sulfonamides is 1. The van der Waals surface area contributed by atoms with E-state index in [2.05, 4.69) is 10.6 Å². The van der Waals surface area contributed by atoms with Crippen molar-refractivity contribution in [1.29, 1.82) is 0 Å². The zero-order chi connectivity index (χ0) is 20.8. The van der Waals surface area contributed by atoms with Gasteiger partial charge in [-0.05, 0) is 32.4 Å². The van der Waals surface area contributed by atoms with Crippen LogP contribution in [0, 0.1) is 0 Å². The Kier molecular flexibility index (Phi) is 7.34. The molecule has 1 fully saturated rings. The van der Waals surface area contributed by atoms with Crippen molar-refractivity contribution in [2.45, 2.75) is 26.3 Å². The lowest BCUT2D eigenvalue weighted by Crippen LogP contribution is -2.53. The van der Waals surface area contributed by atoms with Crippen LogP contribution in [0.2, 0.25) is 0 Å². The van der Waals surface area contributed by atoms with Crippen LogP contribution in [0.5, 0.6) is 0 Å². The molecule has 0 unspecified atom stereocenters. The van der Waals surface area contributed by atoms with Gasteiger partial charge in [-0.1, -0.05) is 30.3 Å². The van der Waals surface area contributed by atoms with Crippen molar-refractivity contribution in [2.24, 2.45) is 0 Å². The minimum absolute atomic E-state index is 0.0469. The van der Waals surface area contributed by atoms with E-state index in [1.54, 1.807) is 6.08 Å². The third-order valence-electron chi connectivity index (χ3n) is 4.03. The number of benzene rings is 1. The lowest BCUT2D eigenvalue weighted by molar-refractivity contribution is -0.121. The van der Waals surface area contributed by atoms with Crippen molar-refractivity contribution in [2.75, 3.05) is 32.7 Å². The Balaban J connectivity index is 1.81. The number of imide groups is 1. The van der Waals surface area contributed by atoms with Gasteiger partial charge >= 0.3 is 6.03 Å². The van der Waals surface area contributed by atoms with Crippen molar-refractivity contribution >= 4 is 28.0 Å². The zero-order valence-electron chi connectivity index (χ0n) is 16.5. The van der Waals surface area contributed by atoms with Crippen LogP contribution in [-0.2, 0) is 14.8 Å². The van der Waals surface area contributed by atoms with Crippen LogP contribution in [0.3, 0.4) is 0 Å². The number of piperazine rings is 1. The summed E-state index contributed by atoms with van der Waals surface area (Å²) in [6.07, 6.45) is 1.57. The molecule has 1 aromatic carbocycles. The smallest absolute Gasteiger partial charge is 0.321 e. The lowest BCUT2D eigenvalue weighted by atomic mass is 10.1. The summed E-state index contributed by atoms with van der Waals surface area (Å²) in [4.78, 5) is 25.5. The summed E-state index contributed by atoms with van der Waals surface area (Å²) in [6, 6.07) is 8.69. The molecule has 9 heteroatoms. The molecule has 1 heterocycles. The molecular weight excluding hydrogens is 380 g/mol. The van der Waals surface area contributed by atoms with E-state index in [0.29, 0.717) is 26.2 Å². The van der Waals surface area contributed by atoms with Crippen molar-refractivity contribution in [3.8, 4) is 0 Å². The van der Waals surface area contributed by atoms with Crippen LogP contribution in [-0.4, -0.2) is 67.8 Å². The molecule has 1 saturated heterocycles. The van der Waals surface area contributed by atoms with Gasteiger partial charge in [0.1, 0.15) is 0 Å². The maximum atomic E-state index is 12.5. The zero-order valence-corrected chi connectivity index (χ0v) is 17.3. The molecule has 1 aliphatic rings. The second-order valence-electron chi connectivity index (χ2n) is 7.69. The molecule has 8 nitrogen and oxygen atoms in total. The average Bonchev–Trinajstić information content (AvgIpc) is 2.59. The fourth-order valence-corrected chi connectivity index (χ4v) is 3.87. The molecule has 0 saturated carbocycles. The minimum Gasteiger partial charge on any atom is -0.333 e. The number of urea groups is 1. The fraction of sp³-hybridized carbons (Fsp3) is 0.474. The van der Waals surface area contributed by atoms with Gasteiger partial charge in [0.05, 0.1) is 6.54 Å². The van der Waals surface area contributed by atoms with Gasteiger partial charge in [-0.25, -0.2) is 13.2 Å². The van der Waals surface area contributed by atoms with Gasteiger partial charge in [0.15, 0.2) is 0 Å². The highest BCUT2D eigenvalue weighted by Crippen LogP contribution is 2.11. The number of carbonyl (C=O) groups is 2. The van der Waals surface area contributed by atoms with Crippen molar-refractivity contribution in [3.05, 3.63) is 41.3 Å². The van der Waals surface area contributed by atoms with E-state index in [1.165, 1.54) is 9.71 Å². The predicted octanol–water partition coefficient (Wildman–Crippen LogP) is 1.23. The number of hydrogen-bond donors (Lipinski definition) is 2. The first kappa shape index (κ1) is 22.1. The van der Waals surface area contributed by atoms with Crippen molar-refractivity contribution in [3.63, 3.8) is 0 Å². The molecule has 0 atom stereocenters. The monoisotopic (exact) mass is 408 g/mol. The third-order valence-corrected chi connectivity index (χ3v) is 5.60. The van der Waals surface area contributed by atoms with Gasteiger partial charge in [-0.2, -0.15) is 4.31 Å². The SMILES string of the molecule is CC(C)(C)NC(=O)NC(=O)CN1CCN(S(=O)(=O)/C=C/c2ccccc2)CC1. The third kappa shape index (κ3) is 7.41. The first-order valence-corrected chi connectivity index (χ1v) is 10.6. The molecule has 28 heavy (non-hydrogen) atoms. The Bertz CT molecular complexity index is 808. The molecular formula is C19H28N4O4S. The Hall–Kier alpha value is -2.23. The topological polar surface area (TPSA) is 98.8 Å². The molecule has 3 amide bonds. The lowest BCUT2D eigenvalue weighted by Gasteiger charge is -2.32. The van der Waals surface area contributed by atoms with Crippen LogP contribution >= 0.6 is 0 Å². The highest BCUT2D eigenvalue weighted by atomic mass is 32.2. The van der Waals surface area contributed by atoms with Crippen LogP contribution in [0.25, 0.3) is 6.08 Å². The van der Waals surface area contributed by atoms with E-state index < -0.39 is 27.5 Å². The van der Waals surface area contributed by atoms with E-state index in [1.807, 2.05) is 56.0 Å². The van der Waals surface area contributed by atoms with Crippen LogP contribution in [0.1, 0.15) is 26.3 Å². The van der Waals surface area contributed by atoms with E-state index >= 15 is 0 Å². The van der Waals surface area contributed by atoms with E-state index in [-0.39, 0.29) is 6.54 Å². The van der Waals surface area contributed by atoms with E-state index in [0.717, 1.165) is 5.56 Å². The second-order valence-corrected chi connectivity index (χ2v) is 9.50. The summed E-state index contributed by atoms with van der Waals surface area (Å²) in [7, 11) is -3.51. The molecule has 0 aromatic heterocycles. The summed E-state index contributed by atoms with van der Waals surface area (Å²) in [5.74, 6) is -0.415. The highest BCUT2D eigenvalue weighted by Gasteiger charge is 2.26. The van der Waals surface area contributed by atoms with Crippen molar-refractivity contribution in [1.82, 2.24) is 19.8 Å². The quantitative estimate of drug-likeness (QED) is 0.764. The second kappa shape index (κ2) is 9.31. The Morgan fingerprint density at radius 2 is 1.68 bits per heavy atom. The number of nitrogens with one attached hydrogen (secondary N) is 2. The van der Waals surface area contributed by atoms with Crippen LogP contribution in [0.4, 0.5) is 4.79 Å². The van der Waals surface area contributed by atoms with Gasteiger partial charge in [-0.3, -0.25) is 15.0 Å². The Morgan fingerprint density at radius 3 is 2.25 bits per heavy atom. The molecule has 154 valence electrons. The number of amides is 3. The van der Waals surface area contributed by atoms with Crippen LogP contribution < -0.4 is 10.6 Å². The summed E-state index contributed by atoms with van der Waals surface area (Å²) in [5.41, 5.74) is 0.382. The standard InChI is InChI=1S/C19H28N4O4S/c1-19(2,3)21-18(25)20-17(24)15-22-10-12-23(13-11-22)28(26,27)14-9-16-7-5-4-6-8-16/h4-9,14H,10-13,15H2,1-3H3,(H2,20,21,24,25)/b14-9+. The molecule has 1 aromatic rings. The largest absolute Gasteiger partial charge is 0.333 e. The molecule has 0 radical (unpaired) electrons. The molecule has 2 rings (SSSR count). The van der Waals surface area contributed by atoms with Gasteiger partial charge in [0, 0.05) is 37.1 Å². The molecule has 2 N–H and O–H groups in total. The predicted molar refractivity (Wildman–Crippen MR) is 109 cm³/mol. The number of rotatable bonds is 5. The summed E-state index contributed by atoms with van der Waals surface area (Å²) >= 11 is 0. The Labute approximate surface area is 166 Å². The molecule has 1 aliphatic heterocycles. The van der Waals surface area contributed by atoms with Gasteiger partial charge in [0.25, 0.3) is 0 Å². The Morgan fingerprint density at radius 1 is 1.07 bits per heavy atom. The first-order valence-electron chi connectivity index (χ1n) is 9.13. The summed E-state index contributed by atoms with van der Waals surface area (Å²) in [6.45, 7) is 6.95. The fourth-order valence-electron chi connectivity index (χ4n) is 2.70. The van der Waals surface area contributed by atoms with Crippen LogP contribution in [0.15, 0.2) is 35.7 Å². The normalized spacial score (nSPS) is 16.8. The highest BCUT2D eigenvalue weighted by molar-refractivity contribution is 7.92. The molecule has 0 aliphatic carbocycles. The molecule has 0 spiro atoms. The van der Waals surface area contributed by atoms with Crippen molar-refractivity contribution < 1.29 is 18.0 Å². The number of carbonyl (C=O) groups excluding carboxylic acids is 2.